The van der Waals surface area contributed by atoms with Crippen LogP contribution in [0.25, 0.3) is 0 Å². The number of benzene rings is 1. The third-order valence-electron chi connectivity index (χ3n) is 3.41. The summed E-state index contributed by atoms with van der Waals surface area (Å²) in [5.41, 5.74) is 1.15. The summed E-state index contributed by atoms with van der Waals surface area (Å²) < 4.78 is 27.3. The number of rotatable bonds is 6. The molecular weight excluding hydrogens is 298 g/mol. The van der Waals surface area contributed by atoms with Gasteiger partial charge in [-0.3, -0.25) is 4.72 Å². The molecular formula is C16H21N3O2S. The van der Waals surface area contributed by atoms with Crippen molar-refractivity contribution in [3.05, 3.63) is 48.2 Å². The zero-order chi connectivity index (χ0) is 16.2. The minimum Gasteiger partial charge on any atom is -0.368 e. The van der Waals surface area contributed by atoms with E-state index >= 15 is 0 Å². The van der Waals surface area contributed by atoms with Crippen LogP contribution >= 0.6 is 0 Å². The van der Waals surface area contributed by atoms with Crippen molar-refractivity contribution in [2.45, 2.75) is 38.1 Å². The van der Waals surface area contributed by atoms with Crippen molar-refractivity contribution in [2.24, 2.45) is 0 Å². The number of nitrogens with zero attached hydrogens (tertiary/aromatic N) is 1. The number of sulfonamides is 1. The van der Waals surface area contributed by atoms with Crippen molar-refractivity contribution in [1.82, 2.24) is 4.98 Å². The smallest absolute Gasteiger partial charge is 0.262 e. The molecule has 0 saturated carbocycles. The van der Waals surface area contributed by atoms with Crippen LogP contribution in [0.5, 0.6) is 0 Å². The topological polar surface area (TPSA) is 71.1 Å². The molecule has 0 radical (unpaired) electrons. The highest BCUT2D eigenvalue weighted by molar-refractivity contribution is 7.92. The Morgan fingerprint density at radius 1 is 1.18 bits per heavy atom. The van der Waals surface area contributed by atoms with Crippen LogP contribution in [-0.4, -0.2) is 19.4 Å². The number of pyridine rings is 1. The molecule has 5 nitrogen and oxygen atoms in total. The molecule has 1 aromatic carbocycles. The first-order valence-corrected chi connectivity index (χ1v) is 8.71. The lowest BCUT2D eigenvalue weighted by molar-refractivity contribution is 0.600. The molecule has 2 rings (SSSR count). The van der Waals surface area contributed by atoms with Crippen LogP contribution < -0.4 is 10.0 Å². The van der Waals surface area contributed by atoms with Gasteiger partial charge in [0.05, 0.1) is 16.8 Å². The van der Waals surface area contributed by atoms with E-state index in [1.807, 2.05) is 6.07 Å². The summed E-state index contributed by atoms with van der Waals surface area (Å²) in [4.78, 5) is 4.50. The predicted octanol–water partition coefficient (Wildman–Crippen LogP) is 3.40. The third-order valence-corrected chi connectivity index (χ3v) is 4.95. The maximum Gasteiger partial charge on any atom is 0.262 e. The molecule has 0 saturated heterocycles. The second-order valence-corrected chi connectivity index (χ2v) is 6.91. The molecule has 1 atom stereocenters. The van der Waals surface area contributed by atoms with Gasteiger partial charge in [0.1, 0.15) is 5.82 Å². The highest BCUT2D eigenvalue weighted by atomic mass is 32.2. The van der Waals surface area contributed by atoms with E-state index in [1.54, 1.807) is 37.3 Å². The van der Waals surface area contributed by atoms with Crippen molar-refractivity contribution in [2.75, 3.05) is 10.0 Å². The lowest BCUT2D eigenvalue weighted by Gasteiger charge is -2.13. The number of nitrogens with one attached hydrogen (secondary N) is 2. The number of hydrogen-bond acceptors (Lipinski definition) is 4. The van der Waals surface area contributed by atoms with Gasteiger partial charge in [-0.2, -0.15) is 0 Å². The first-order chi connectivity index (χ1) is 10.4. The summed E-state index contributed by atoms with van der Waals surface area (Å²) in [5, 5.41) is 3.23. The molecule has 118 valence electrons. The van der Waals surface area contributed by atoms with E-state index in [-0.39, 0.29) is 4.90 Å². The molecule has 6 heteroatoms. The molecule has 0 spiro atoms. The van der Waals surface area contributed by atoms with E-state index in [0.29, 0.717) is 17.3 Å². The maximum atomic E-state index is 12.4. The normalized spacial score (nSPS) is 12.7. The molecule has 0 aliphatic rings. The molecule has 0 amide bonds. The van der Waals surface area contributed by atoms with Gasteiger partial charge in [-0.05, 0) is 44.0 Å². The molecule has 1 aromatic heterocycles. The molecule has 0 bridgehead atoms. The Morgan fingerprint density at radius 2 is 1.91 bits per heavy atom. The summed E-state index contributed by atoms with van der Waals surface area (Å²) >= 11 is 0. The average Bonchev–Trinajstić information content (AvgIpc) is 2.49. The van der Waals surface area contributed by atoms with Gasteiger partial charge in [0.25, 0.3) is 10.0 Å². The summed E-state index contributed by atoms with van der Waals surface area (Å²) in [6, 6.07) is 10.7. The van der Waals surface area contributed by atoms with Gasteiger partial charge < -0.3 is 5.32 Å². The van der Waals surface area contributed by atoms with Crippen LogP contribution in [0.4, 0.5) is 11.5 Å². The minimum absolute atomic E-state index is 0.275. The van der Waals surface area contributed by atoms with Crippen molar-refractivity contribution < 1.29 is 8.42 Å². The fourth-order valence-electron chi connectivity index (χ4n) is 1.96. The van der Waals surface area contributed by atoms with Crippen LogP contribution in [-0.2, 0) is 10.0 Å². The minimum atomic E-state index is -3.59. The Morgan fingerprint density at radius 3 is 2.50 bits per heavy atom. The lowest BCUT2D eigenvalue weighted by Crippen LogP contribution is -2.16. The molecule has 1 unspecified atom stereocenters. The number of aromatic nitrogens is 1. The van der Waals surface area contributed by atoms with Crippen molar-refractivity contribution in [3.63, 3.8) is 0 Å². The van der Waals surface area contributed by atoms with Crippen molar-refractivity contribution >= 4 is 21.5 Å². The maximum absolute atomic E-state index is 12.4. The SMILES string of the molecule is CCC(C)Nc1ccc(NS(=O)(=O)c2ccccc2C)cn1. The molecule has 0 fully saturated rings. The fourth-order valence-corrected chi connectivity index (χ4v) is 3.25. The summed E-state index contributed by atoms with van der Waals surface area (Å²) in [6.45, 7) is 5.92. The molecule has 2 N–H and O–H groups in total. The summed E-state index contributed by atoms with van der Waals surface area (Å²) in [6.07, 6.45) is 2.50. The van der Waals surface area contributed by atoms with E-state index in [4.69, 9.17) is 0 Å². The van der Waals surface area contributed by atoms with E-state index < -0.39 is 10.0 Å². The number of aryl methyl sites for hydroxylation is 1. The largest absolute Gasteiger partial charge is 0.368 e. The van der Waals surface area contributed by atoms with Gasteiger partial charge in [0.15, 0.2) is 0 Å². The van der Waals surface area contributed by atoms with Gasteiger partial charge in [0, 0.05) is 6.04 Å². The highest BCUT2D eigenvalue weighted by Crippen LogP contribution is 2.19. The zero-order valence-electron chi connectivity index (χ0n) is 13.0. The average molecular weight is 319 g/mol. The van der Waals surface area contributed by atoms with E-state index in [0.717, 1.165) is 12.2 Å². The Labute approximate surface area is 131 Å². The highest BCUT2D eigenvalue weighted by Gasteiger charge is 2.16. The lowest BCUT2D eigenvalue weighted by atomic mass is 10.2. The van der Waals surface area contributed by atoms with Crippen LogP contribution in [0.15, 0.2) is 47.5 Å². The van der Waals surface area contributed by atoms with Gasteiger partial charge in [-0.25, -0.2) is 13.4 Å². The standard InChI is InChI=1S/C16H21N3O2S/c1-4-13(3)18-16-10-9-14(11-17-16)19-22(20,21)15-8-6-5-7-12(15)2/h5-11,13,19H,4H2,1-3H3,(H,17,18). The second kappa shape index (κ2) is 6.79. The van der Waals surface area contributed by atoms with Crippen LogP contribution in [0.2, 0.25) is 0 Å². The van der Waals surface area contributed by atoms with Gasteiger partial charge in [-0.1, -0.05) is 25.1 Å². The molecule has 2 aromatic rings. The Bertz CT molecular complexity index is 727. The monoisotopic (exact) mass is 319 g/mol. The van der Waals surface area contributed by atoms with Crippen LogP contribution in [0, 0.1) is 6.92 Å². The quantitative estimate of drug-likeness (QED) is 0.856. The van der Waals surface area contributed by atoms with Crippen LogP contribution in [0.3, 0.4) is 0 Å². The second-order valence-electron chi connectivity index (χ2n) is 5.26. The molecule has 0 aliphatic carbocycles. The zero-order valence-corrected chi connectivity index (χ0v) is 13.8. The first kappa shape index (κ1) is 16.3. The third kappa shape index (κ3) is 3.98. The van der Waals surface area contributed by atoms with Gasteiger partial charge >= 0.3 is 0 Å². The Balaban J connectivity index is 2.15. The fraction of sp³-hybridized carbons (Fsp3) is 0.312. The van der Waals surface area contributed by atoms with Gasteiger partial charge in [0.2, 0.25) is 0 Å². The Kier molecular flexibility index (Phi) is 5.03. The summed E-state index contributed by atoms with van der Waals surface area (Å²) in [5.74, 6) is 0.730. The Hall–Kier alpha value is -2.08. The van der Waals surface area contributed by atoms with E-state index in [2.05, 4.69) is 28.9 Å². The molecule has 22 heavy (non-hydrogen) atoms. The van der Waals surface area contributed by atoms with E-state index in [1.165, 1.54) is 6.20 Å². The molecule has 0 aliphatic heterocycles. The van der Waals surface area contributed by atoms with Gasteiger partial charge in [-0.15, -0.1) is 0 Å². The number of hydrogen-bond donors (Lipinski definition) is 2. The molecule has 1 heterocycles. The summed E-state index contributed by atoms with van der Waals surface area (Å²) in [7, 11) is -3.59. The number of anilines is 2. The van der Waals surface area contributed by atoms with Crippen LogP contribution in [0.1, 0.15) is 25.8 Å². The van der Waals surface area contributed by atoms with Crippen molar-refractivity contribution in [3.8, 4) is 0 Å². The van der Waals surface area contributed by atoms with Crippen molar-refractivity contribution in [1.29, 1.82) is 0 Å². The van der Waals surface area contributed by atoms with E-state index in [9.17, 15) is 8.42 Å². The predicted molar refractivity (Wildman–Crippen MR) is 89.6 cm³/mol. The first-order valence-electron chi connectivity index (χ1n) is 7.23.